The van der Waals surface area contributed by atoms with E-state index in [1.165, 1.54) is 21.6 Å². The molecule has 0 saturated heterocycles. The third-order valence-electron chi connectivity index (χ3n) is 4.85. The number of thiazole rings is 1. The van der Waals surface area contributed by atoms with Crippen molar-refractivity contribution in [3.05, 3.63) is 89.1 Å². The standard InChI is InChI=1S/C25H25N3S/c1-3-23-28-24(20-11-7-8-18(2)16-20)25(29-23)21-13-15-27-22(17-21)26-14-12-19-9-5-4-6-10-19/h4-11,13,15-17H,3,12,14H2,1-2H3,(H,26,27). The van der Waals surface area contributed by atoms with Gasteiger partial charge in [0.25, 0.3) is 0 Å². The highest BCUT2D eigenvalue weighted by Gasteiger charge is 2.15. The van der Waals surface area contributed by atoms with Gasteiger partial charge in [-0.3, -0.25) is 0 Å². The summed E-state index contributed by atoms with van der Waals surface area (Å²) < 4.78 is 0. The molecule has 146 valence electrons. The summed E-state index contributed by atoms with van der Waals surface area (Å²) in [6.07, 6.45) is 3.80. The highest BCUT2D eigenvalue weighted by atomic mass is 32.1. The lowest BCUT2D eigenvalue weighted by atomic mass is 10.1. The number of aromatic nitrogens is 2. The van der Waals surface area contributed by atoms with E-state index in [1.54, 1.807) is 11.3 Å². The summed E-state index contributed by atoms with van der Waals surface area (Å²) in [7, 11) is 0. The molecule has 29 heavy (non-hydrogen) atoms. The lowest BCUT2D eigenvalue weighted by Gasteiger charge is -2.08. The van der Waals surface area contributed by atoms with Crippen LogP contribution in [0.5, 0.6) is 0 Å². The highest BCUT2D eigenvalue weighted by molar-refractivity contribution is 7.15. The van der Waals surface area contributed by atoms with Crippen molar-refractivity contribution in [1.82, 2.24) is 9.97 Å². The molecule has 2 heterocycles. The summed E-state index contributed by atoms with van der Waals surface area (Å²) in [6.45, 7) is 5.14. The van der Waals surface area contributed by atoms with Gasteiger partial charge in [-0.15, -0.1) is 11.3 Å². The van der Waals surface area contributed by atoms with Crippen LogP contribution in [0.15, 0.2) is 72.9 Å². The van der Waals surface area contributed by atoms with E-state index in [0.717, 1.165) is 41.5 Å². The normalized spacial score (nSPS) is 10.8. The van der Waals surface area contributed by atoms with E-state index < -0.39 is 0 Å². The monoisotopic (exact) mass is 399 g/mol. The molecule has 0 aliphatic carbocycles. The van der Waals surface area contributed by atoms with Crippen LogP contribution in [0.1, 0.15) is 23.1 Å². The Labute approximate surface area is 176 Å². The molecule has 0 fully saturated rings. The van der Waals surface area contributed by atoms with Gasteiger partial charge in [-0.25, -0.2) is 9.97 Å². The molecule has 4 heteroatoms. The van der Waals surface area contributed by atoms with Crippen LogP contribution in [0, 0.1) is 6.92 Å². The average Bonchev–Trinajstić information content (AvgIpc) is 3.20. The Balaban J connectivity index is 1.58. The zero-order valence-corrected chi connectivity index (χ0v) is 17.7. The molecule has 0 spiro atoms. The van der Waals surface area contributed by atoms with Crippen LogP contribution in [0.4, 0.5) is 5.82 Å². The predicted octanol–water partition coefficient (Wildman–Crippen LogP) is 6.40. The van der Waals surface area contributed by atoms with Crippen molar-refractivity contribution in [2.75, 3.05) is 11.9 Å². The highest BCUT2D eigenvalue weighted by Crippen LogP contribution is 2.37. The third-order valence-corrected chi connectivity index (χ3v) is 6.10. The Morgan fingerprint density at radius 2 is 1.79 bits per heavy atom. The minimum atomic E-state index is 0.855. The lowest BCUT2D eigenvalue weighted by Crippen LogP contribution is -2.06. The summed E-state index contributed by atoms with van der Waals surface area (Å²) in [6, 6.07) is 23.3. The minimum absolute atomic E-state index is 0.855. The number of nitrogens with zero attached hydrogens (tertiary/aromatic N) is 2. The molecule has 0 unspecified atom stereocenters. The second-order valence-electron chi connectivity index (χ2n) is 7.10. The lowest BCUT2D eigenvalue weighted by molar-refractivity contribution is 1.01. The van der Waals surface area contributed by atoms with Gasteiger partial charge in [-0.1, -0.05) is 61.0 Å². The molecule has 2 aromatic carbocycles. The number of benzene rings is 2. The summed E-state index contributed by atoms with van der Waals surface area (Å²) in [5.41, 5.74) is 5.98. The molecule has 3 nitrogen and oxygen atoms in total. The second-order valence-corrected chi connectivity index (χ2v) is 8.18. The molecule has 0 aliphatic rings. The van der Waals surface area contributed by atoms with Gasteiger partial charge in [-0.05, 0) is 49.1 Å². The van der Waals surface area contributed by atoms with Crippen LogP contribution >= 0.6 is 11.3 Å². The van der Waals surface area contributed by atoms with E-state index in [1.807, 2.05) is 12.3 Å². The van der Waals surface area contributed by atoms with Crippen LogP contribution in [0.3, 0.4) is 0 Å². The molecule has 4 aromatic rings. The van der Waals surface area contributed by atoms with Crippen molar-refractivity contribution in [3.8, 4) is 21.7 Å². The van der Waals surface area contributed by atoms with Crippen LogP contribution < -0.4 is 5.32 Å². The Hall–Kier alpha value is -2.98. The maximum Gasteiger partial charge on any atom is 0.126 e. The Morgan fingerprint density at radius 3 is 2.59 bits per heavy atom. The van der Waals surface area contributed by atoms with Crippen LogP contribution in [0.25, 0.3) is 21.7 Å². The molecule has 0 bridgehead atoms. The number of hydrogen-bond donors (Lipinski definition) is 1. The van der Waals surface area contributed by atoms with Crippen molar-refractivity contribution < 1.29 is 0 Å². The van der Waals surface area contributed by atoms with Crippen LogP contribution in [-0.2, 0) is 12.8 Å². The fourth-order valence-corrected chi connectivity index (χ4v) is 4.37. The molecular formula is C25H25N3S. The first-order chi connectivity index (χ1) is 14.2. The van der Waals surface area contributed by atoms with Crippen LogP contribution in [0.2, 0.25) is 0 Å². The minimum Gasteiger partial charge on any atom is -0.370 e. The largest absolute Gasteiger partial charge is 0.370 e. The van der Waals surface area contributed by atoms with E-state index >= 15 is 0 Å². The molecule has 0 amide bonds. The Morgan fingerprint density at radius 1 is 0.931 bits per heavy atom. The molecule has 0 radical (unpaired) electrons. The third kappa shape index (κ3) is 4.72. The Bertz CT molecular complexity index is 1090. The van der Waals surface area contributed by atoms with Crippen molar-refractivity contribution >= 4 is 17.2 Å². The van der Waals surface area contributed by atoms with Gasteiger partial charge < -0.3 is 5.32 Å². The topological polar surface area (TPSA) is 37.8 Å². The van der Waals surface area contributed by atoms with Gasteiger partial charge in [0.05, 0.1) is 15.6 Å². The zero-order chi connectivity index (χ0) is 20.1. The smallest absolute Gasteiger partial charge is 0.126 e. The first-order valence-electron chi connectivity index (χ1n) is 10.0. The fourth-order valence-electron chi connectivity index (χ4n) is 3.35. The average molecular weight is 400 g/mol. The zero-order valence-electron chi connectivity index (χ0n) is 16.9. The maximum atomic E-state index is 4.93. The van der Waals surface area contributed by atoms with Gasteiger partial charge in [0, 0.05) is 18.3 Å². The van der Waals surface area contributed by atoms with E-state index in [-0.39, 0.29) is 0 Å². The second kappa shape index (κ2) is 9.01. The molecule has 4 rings (SSSR count). The van der Waals surface area contributed by atoms with Gasteiger partial charge in [0.1, 0.15) is 5.82 Å². The molecule has 1 N–H and O–H groups in total. The van der Waals surface area contributed by atoms with Crippen molar-refractivity contribution in [2.24, 2.45) is 0 Å². The molecule has 0 aliphatic heterocycles. The number of anilines is 1. The first kappa shape index (κ1) is 19.3. The molecule has 2 aromatic heterocycles. The van der Waals surface area contributed by atoms with Gasteiger partial charge in [0.2, 0.25) is 0 Å². The number of hydrogen-bond acceptors (Lipinski definition) is 4. The van der Waals surface area contributed by atoms with Crippen molar-refractivity contribution in [3.63, 3.8) is 0 Å². The quantitative estimate of drug-likeness (QED) is 0.391. The SMILES string of the molecule is CCc1nc(-c2cccc(C)c2)c(-c2ccnc(NCCc3ccccc3)c2)s1. The summed E-state index contributed by atoms with van der Waals surface area (Å²) >= 11 is 1.78. The van der Waals surface area contributed by atoms with Crippen molar-refractivity contribution in [2.45, 2.75) is 26.7 Å². The summed E-state index contributed by atoms with van der Waals surface area (Å²) in [5, 5.41) is 4.62. The maximum absolute atomic E-state index is 4.93. The van der Waals surface area contributed by atoms with E-state index in [9.17, 15) is 0 Å². The number of aryl methyl sites for hydroxylation is 2. The van der Waals surface area contributed by atoms with E-state index in [0.29, 0.717) is 0 Å². The summed E-state index contributed by atoms with van der Waals surface area (Å²) in [5.74, 6) is 0.903. The molecular weight excluding hydrogens is 374 g/mol. The van der Waals surface area contributed by atoms with E-state index in [4.69, 9.17) is 4.98 Å². The van der Waals surface area contributed by atoms with E-state index in [2.05, 4.69) is 84.8 Å². The predicted molar refractivity (Wildman–Crippen MR) is 124 cm³/mol. The number of rotatable bonds is 7. The summed E-state index contributed by atoms with van der Waals surface area (Å²) in [4.78, 5) is 10.6. The fraction of sp³-hybridized carbons (Fsp3) is 0.200. The Kier molecular flexibility index (Phi) is 6.01. The van der Waals surface area contributed by atoms with Crippen molar-refractivity contribution in [1.29, 1.82) is 0 Å². The van der Waals surface area contributed by atoms with Gasteiger partial charge >= 0.3 is 0 Å². The molecule has 0 atom stereocenters. The number of nitrogens with one attached hydrogen (secondary N) is 1. The van der Waals surface area contributed by atoms with Gasteiger partial charge in [0.15, 0.2) is 0 Å². The number of pyridine rings is 1. The first-order valence-corrected chi connectivity index (χ1v) is 10.9. The molecule has 0 saturated carbocycles. The van der Waals surface area contributed by atoms with Crippen LogP contribution in [-0.4, -0.2) is 16.5 Å². The van der Waals surface area contributed by atoms with Gasteiger partial charge in [-0.2, -0.15) is 0 Å².